The first-order valence-electron chi connectivity index (χ1n) is 5.52. The van der Waals surface area contributed by atoms with Crippen LogP contribution in [0.4, 0.5) is 17.1 Å². The monoisotopic (exact) mass is 224 g/mol. The molecule has 0 radical (unpaired) electrons. The van der Waals surface area contributed by atoms with Gasteiger partial charge in [-0.3, -0.25) is 9.69 Å². The normalized spacial score (nSPS) is 13.9. The zero-order valence-electron chi connectivity index (χ0n) is 9.26. The summed E-state index contributed by atoms with van der Waals surface area (Å²) >= 11 is 0. The van der Waals surface area contributed by atoms with E-state index < -0.39 is 0 Å². The first-order chi connectivity index (χ1) is 8.25. The summed E-state index contributed by atoms with van der Waals surface area (Å²) in [5, 5.41) is 0. The lowest BCUT2D eigenvalue weighted by atomic mass is 10.2. The summed E-state index contributed by atoms with van der Waals surface area (Å²) in [6, 6.07) is 15.2. The lowest BCUT2D eigenvalue weighted by molar-refractivity contribution is -0.116. The fourth-order valence-corrected chi connectivity index (χ4v) is 2.20. The molecule has 3 heteroatoms. The number of hydrogen-bond acceptors (Lipinski definition) is 2. The van der Waals surface area contributed by atoms with E-state index in [9.17, 15) is 4.79 Å². The maximum absolute atomic E-state index is 12.0. The zero-order chi connectivity index (χ0) is 11.8. The Hall–Kier alpha value is -2.29. The van der Waals surface area contributed by atoms with Crippen LogP contribution in [0.25, 0.3) is 0 Å². The zero-order valence-corrected chi connectivity index (χ0v) is 9.26. The fourth-order valence-electron chi connectivity index (χ4n) is 2.20. The number of benzene rings is 2. The van der Waals surface area contributed by atoms with Crippen molar-refractivity contribution in [2.75, 3.05) is 10.6 Å². The van der Waals surface area contributed by atoms with Crippen molar-refractivity contribution in [1.82, 2.24) is 0 Å². The Labute approximate surface area is 99.5 Å². The number of carbonyl (C=O) groups excluding carboxylic acids is 1. The second-order valence-electron chi connectivity index (χ2n) is 4.13. The van der Waals surface area contributed by atoms with Crippen molar-refractivity contribution in [2.24, 2.45) is 0 Å². The molecular formula is C14H12N2O. The molecule has 1 aliphatic rings. The fraction of sp³-hybridized carbons (Fsp3) is 0.0714. The quantitative estimate of drug-likeness (QED) is 0.756. The van der Waals surface area contributed by atoms with Gasteiger partial charge in [0.1, 0.15) is 0 Å². The molecule has 0 aliphatic carbocycles. The standard InChI is InChI=1S/C14H12N2O/c15-11-5-3-6-12(9-11)16-13-7-2-1-4-10(13)8-14(16)17/h1-7,9H,8,15H2. The first-order valence-corrected chi connectivity index (χ1v) is 5.52. The van der Waals surface area contributed by atoms with Gasteiger partial charge in [-0.2, -0.15) is 0 Å². The molecule has 1 amide bonds. The number of nitrogens with two attached hydrogens (primary N) is 1. The van der Waals surface area contributed by atoms with E-state index in [0.717, 1.165) is 16.9 Å². The van der Waals surface area contributed by atoms with E-state index >= 15 is 0 Å². The van der Waals surface area contributed by atoms with E-state index in [1.54, 1.807) is 4.90 Å². The third kappa shape index (κ3) is 1.56. The number of rotatable bonds is 1. The summed E-state index contributed by atoms with van der Waals surface area (Å²) in [6.07, 6.45) is 0.463. The van der Waals surface area contributed by atoms with Gasteiger partial charge in [-0.1, -0.05) is 24.3 Å². The molecule has 84 valence electrons. The van der Waals surface area contributed by atoms with Crippen molar-refractivity contribution in [3.05, 3.63) is 54.1 Å². The van der Waals surface area contributed by atoms with Crippen LogP contribution in [0.2, 0.25) is 0 Å². The predicted molar refractivity (Wildman–Crippen MR) is 68.1 cm³/mol. The Kier molecular flexibility index (Phi) is 2.11. The molecule has 1 heterocycles. The molecule has 3 nitrogen and oxygen atoms in total. The van der Waals surface area contributed by atoms with Gasteiger partial charge >= 0.3 is 0 Å². The molecule has 1 aliphatic heterocycles. The molecule has 0 bridgehead atoms. The van der Waals surface area contributed by atoms with Crippen molar-refractivity contribution in [3.63, 3.8) is 0 Å². The number of fused-ring (bicyclic) bond motifs is 1. The molecule has 0 aromatic heterocycles. The summed E-state index contributed by atoms with van der Waals surface area (Å²) in [4.78, 5) is 13.8. The Morgan fingerprint density at radius 3 is 2.71 bits per heavy atom. The number of hydrogen-bond donors (Lipinski definition) is 1. The maximum atomic E-state index is 12.0. The van der Waals surface area contributed by atoms with Crippen LogP contribution in [0, 0.1) is 0 Å². The van der Waals surface area contributed by atoms with E-state index in [0.29, 0.717) is 12.1 Å². The first kappa shape index (κ1) is 9.90. The van der Waals surface area contributed by atoms with Gasteiger partial charge in [0.15, 0.2) is 0 Å². The van der Waals surface area contributed by atoms with Gasteiger partial charge in [-0.25, -0.2) is 0 Å². The van der Waals surface area contributed by atoms with E-state index in [4.69, 9.17) is 5.73 Å². The van der Waals surface area contributed by atoms with E-state index in [1.165, 1.54) is 0 Å². The van der Waals surface area contributed by atoms with E-state index in [1.807, 2.05) is 48.5 Å². The number of anilines is 3. The van der Waals surface area contributed by atoms with Crippen molar-refractivity contribution in [3.8, 4) is 0 Å². The highest BCUT2D eigenvalue weighted by atomic mass is 16.2. The molecule has 0 saturated heterocycles. The van der Waals surface area contributed by atoms with Gasteiger partial charge in [0.2, 0.25) is 5.91 Å². The number of amides is 1. The summed E-state index contributed by atoms with van der Waals surface area (Å²) < 4.78 is 0. The van der Waals surface area contributed by atoms with Crippen molar-refractivity contribution in [2.45, 2.75) is 6.42 Å². The Balaban J connectivity index is 2.13. The minimum Gasteiger partial charge on any atom is -0.399 e. The van der Waals surface area contributed by atoms with Crippen LogP contribution < -0.4 is 10.6 Å². The average Bonchev–Trinajstić information content (AvgIpc) is 2.64. The van der Waals surface area contributed by atoms with Gasteiger partial charge in [0.25, 0.3) is 0 Å². The Morgan fingerprint density at radius 1 is 1.06 bits per heavy atom. The molecule has 17 heavy (non-hydrogen) atoms. The predicted octanol–water partition coefficient (Wildman–Crippen LogP) is 2.49. The van der Waals surface area contributed by atoms with E-state index in [2.05, 4.69) is 0 Å². The summed E-state index contributed by atoms with van der Waals surface area (Å²) in [7, 11) is 0. The molecular weight excluding hydrogens is 212 g/mol. The molecule has 0 fully saturated rings. The number of nitrogens with zero attached hydrogens (tertiary/aromatic N) is 1. The summed E-state index contributed by atoms with van der Waals surface area (Å²) in [6.45, 7) is 0. The third-order valence-electron chi connectivity index (χ3n) is 2.95. The van der Waals surface area contributed by atoms with Crippen LogP contribution in [0.3, 0.4) is 0 Å². The highest BCUT2D eigenvalue weighted by Gasteiger charge is 2.27. The number of para-hydroxylation sites is 1. The minimum absolute atomic E-state index is 0.0943. The molecule has 2 N–H and O–H groups in total. The second kappa shape index (κ2) is 3.63. The van der Waals surface area contributed by atoms with Crippen LogP contribution >= 0.6 is 0 Å². The lowest BCUT2D eigenvalue weighted by Crippen LogP contribution is -2.20. The van der Waals surface area contributed by atoms with Gasteiger partial charge in [0.05, 0.1) is 17.8 Å². The molecule has 3 rings (SSSR count). The third-order valence-corrected chi connectivity index (χ3v) is 2.95. The van der Waals surface area contributed by atoms with Crippen LogP contribution in [0.15, 0.2) is 48.5 Å². The molecule has 0 spiro atoms. The van der Waals surface area contributed by atoms with Crippen LogP contribution in [0.1, 0.15) is 5.56 Å². The van der Waals surface area contributed by atoms with Gasteiger partial charge in [0, 0.05) is 5.69 Å². The number of carbonyl (C=O) groups is 1. The molecule has 0 saturated carbocycles. The summed E-state index contributed by atoms with van der Waals surface area (Å²) in [5.74, 6) is 0.0943. The minimum atomic E-state index is 0.0943. The van der Waals surface area contributed by atoms with Gasteiger partial charge in [-0.05, 0) is 29.8 Å². The Bertz CT molecular complexity index is 592. The highest BCUT2D eigenvalue weighted by Crippen LogP contribution is 2.35. The van der Waals surface area contributed by atoms with Crippen LogP contribution in [0.5, 0.6) is 0 Å². The molecule has 2 aromatic rings. The van der Waals surface area contributed by atoms with Gasteiger partial charge in [-0.15, -0.1) is 0 Å². The smallest absolute Gasteiger partial charge is 0.236 e. The largest absolute Gasteiger partial charge is 0.399 e. The van der Waals surface area contributed by atoms with E-state index in [-0.39, 0.29) is 5.91 Å². The van der Waals surface area contributed by atoms with Crippen molar-refractivity contribution < 1.29 is 4.79 Å². The van der Waals surface area contributed by atoms with Crippen molar-refractivity contribution >= 4 is 23.0 Å². The molecule has 2 aromatic carbocycles. The second-order valence-corrected chi connectivity index (χ2v) is 4.13. The lowest BCUT2D eigenvalue weighted by Gasteiger charge is -2.17. The highest BCUT2D eigenvalue weighted by molar-refractivity contribution is 6.07. The molecule has 0 atom stereocenters. The summed E-state index contributed by atoms with van der Waals surface area (Å²) in [5.41, 5.74) is 9.28. The topological polar surface area (TPSA) is 46.3 Å². The van der Waals surface area contributed by atoms with Crippen LogP contribution in [-0.4, -0.2) is 5.91 Å². The number of nitrogen functional groups attached to an aromatic ring is 1. The molecule has 0 unspecified atom stereocenters. The van der Waals surface area contributed by atoms with Crippen LogP contribution in [-0.2, 0) is 11.2 Å². The average molecular weight is 224 g/mol. The Morgan fingerprint density at radius 2 is 1.88 bits per heavy atom. The van der Waals surface area contributed by atoms with Crippen molar-refractivity contribution in [1.29, 1.82) is 0 Å². The maximum Gasteiger partial charge on any atom is 0.236 e. The van der Waals surface area contributed by atoms with Gasteiger partial charge < -0.3 is 5.73 Å². The SMILES string of the molecule is Nc1cccc(N2C(=O)Cc3ccccc32)c1.